The third kappa shape index (κ3) is 2.23. The Morgan fingerprint density at radius 3 is 3.13 bits per heavy atom. The summed E-state index contributed by atoms with van der Waals surface area (Å²) in [5, 5.41) is 11.0. The molecule has 0 aliphatic carbocycles. The highest BCUT2D eigenvalue weighted by molar-refractivity contribution is 7.07. The molecule has 0 amide bonds. The lowest BCUT2D eigenvalue weighted by Gasteiger charge is -2.10. The molecule has 80 valence electrons. The Balaban J connectivity index is 2.18. The Bertz CT molecular complexity index is 411. The van der Waals surface area contributed by atoms with Crippen LogP contribution in [0.5, 0.6) is 0 Å². The second-order valence-electron chi connectivity index (χ2n) is 3.22. The second kappa shape index (κ2) is 4.52. The van der Waals surface area contributed by atoms with Crippen molar-refractivity contribution >= 4 is 11.3 Å². The quantitative estimate of drug-likeness (QED) is 0.787. The van der Waals surface area contributed by atoms with E-state index in [1.807, 2.05) is 9.95 Å². The van der Waals surface area contributed by atoms with E-state index in [1.54, 1.807) is 29.4 Å². The van der Waals surface area contributed by atoms with Crippen molar-refractivity contribution in [1.29, 1.82) is 0 Å². The number of rotatable bonds is 4. The van der Waals surface area contributed by atoms with Crippen molar-refractivity contribution in [2.75, 3.05) is 6.61 Å². The molecule has 0 aliphatic rings. The Morgan fingerprint density at radius 1 is 1.60 bits per heavy atom. The minimum Gasteiger partial charge on any atom is -0.394 e. The van der Waals surface area contributed by atoms with Crippen molar-refractivity contribution in [3.63, 3.8) is 0 Å². The summed E-state index contributed by atoms with van der Waals surface area (Å²) in [6.45, 7) is 0.565. The summed E-state index contributed by atoms with van der Waals surface area (Å²) >= 11 is 1.56. The molecule has 1 atom stereocenters. The van der Waals surface area contributed by atoms with Crippen LogP contribution in [-0.4, -0.2) is 26.2 Å². The van der Waals surface area contributed by atoms with E-state index in [0.717, 1.165) is 11.4 Å². The van der Waals surface area contributed by atoms with Gasteiger partial charge in [0, 0.05) is 11.6 Å². The lowest BCUT2D eigenvalue weighted by atomic mass is 10.2. The number of imidazole rings is 1. The number of hydrogen-bond acceptors (Lipinski definition) is 5. The number of nitrogens with two attached hydrogens (primary N) is 1. The highest BCUT2D eigenvalue weighted by Gasteiger charge is 2.10. The van der Waals surface area contributed by atoms with Gasteiger partial charge in [-0.05, 0) is 0 Å². The number of aliphatic hydroxyl groups excluding tert-OH is 1. The molecule has 2 aromatic rings. The van der Waals surface area contributed by atoms with Gasteiger partial charge in [0.1, 0.15) is 0 Å². The van der Waals surface area contributed by atoms with Gasteiger partial charge < -0.3 is 15.4 Å². The van der Waals surface area contributed by atoms with Crippen LogP contribution in [-0.2, 0) is 6.54 Å². The Labute approximate surface area is 91.2 Å². The van der Waals surface area contributed by atoms with Crippen LogP contribution in [0.15, 0.2) is 23.4 Å². The molecule has 0 spiro atoms. The normalized spacial score (nSPS) is 12.9. The van der Waals surface area contributed by atoms with E-state index < -0.39 is 0 Å². The van der Waals surface area contributed by atoms with Crippen molar-refractivity contribution < 1.29 is 5.11 Å². The first-order valence-electron chi connectivity index (χ1n) is 4.55. The molecule has 0 aromatic carbocycles. The zero-order valence-corrected chi connectivity index (χ0v) is 8.89. The predicted octanol–water partition coefficient (Wildman–Crippen LogP) is 0.380. The average Bonchev–Trinajstić information content (AvgIpc) is 2.88. The van der Waals surface area contributed by atoms with Gasteiger partial charge in [-0.2, -0.15) is 0 Å². The Kier molecular flexibility index (Phi) is 3.10. The molecule has 1 unspecified atom stereocenters. The van der Waals surface area contributed by atoms with Crippen molar-refractivity contribution in [2.45, 2.75) is 12.6 Å². The number of thiazole rings is 1. The molecule has 2 aromatic heterocycles. The molecule has 0 saturated heterocycles. The highest BCUT2D eigenvalue weighted by Crippen LogP contribution is 2.11. The van der Waals surface area contributed by atoms with E-state index in [2.05, 4.69) is 9.97 Å². The van der Waals surface area contributed by atoms with E-state index in [-0.39, 0.29) is 12.6 Å². The Morgan fingerprint density at radius 2 is 2.47 bits per heavy atom. The molecule has 0 aliphatic heterocycles. The first kappa shape index (κ1) is 10.3. The van der Waals surface area contributed by atoms with Gasteiger partial charge in [-0.3, -0.25) is 0 Å². The molecule has 0 fully saturated rings. The number of aliphatic hydroxyl groups is 1. The number of aromatic nitrogens is 3. The van der Waals surface area contributed by atoms with Crippen molar-refractivity contribution in [2.24, 2.45) is 5.73 Å². The summed E-state index contributed by atoms with van der Waals surface area (Å²) in [6.07, 6.45) is 3.37. The van der Waals surface area contributed by atoms with E-state index in [1.165, 1.54) is 0 Å². The van der Waals surface area contributed by atoms with Crippen LogP contribution < -0.4 is 5.73 Å². The predicted molar refractivity (Wildman–Crippen MR) is 57.5 cm³/mol. The van der Waals surface area contributed by atoms with E-state index in [0.29, 0.717) is 6.54 Å². The smallest absolute Gasteiger partial charge is 0.0952 e. The molecular formula is C9H12N4OS. The van der Waals surface area contributed by atoms with Crippen LogP contribution in [0.2, 0.25) is 0 Å². The molecule has 2 rings (SSSR count). The largest absolute Gasteiger partial charge is 0.394 e. The van der Waals surface area contributed by atoms with Crippen LogP contribution >= 0.6 is 11.3 Å². The lowest BCUT2D eigenvalue weighted by Crippen LogP contribution is -2.19. The van der Waals surface area contributed by atoms with Crippen LogP contribution in [0.3, 0.4) is 0 Å². The molecule has 0 saturated carbocycles. The number of hydrogen-bond donors (Lipinski definition) is 2. The zero-order valence-electron chi connectivity index (χ0n) is 8.08. The monoisotopic (exact) mass is 224 g/mol. The Hall–Kier alpha value is -1.24. The molecule has 6 heteroatoms. The average molecular weight is 224 g/mol. The van der Waals surface area contributed by atoms with Gasteiger partial charge in [0.05, 0.1) is 42.4 Å². The van der Waals surface area contributed by atoms with Gasteiger partial charge in [-0.1, -0.05) is 0 Å². The topological polar surface area (TPSA) is 77.0 Å². The zero-order chi connectivity index (χ0) is 10.7. The number of nitrogens with zero attached hydrogens (tertiary/aromatic N) is 3. The maximum absolute atomic E-state index is 8.98. The summed E-state index contributed by atoms with van der Waals surface area (Å²) < 4.78 is 1.90. The minimum absolute atomic E-state index is 0.0806. The molecule has 0 bridgehead atoms. The van der Waals surface area contributed by atoms with Gasteiger partial charge >= 0.3 is 0 Å². The molecule has 15 heavy (non-hydrogen) atoms. The fraction of sp³-hybridized carbons (Fsp3) is 0.333. The van der Waals surface area contributed by atoms with Gasteiger partial charge in [0.25, 0.3) is 0 Å². The van der Waals surface area contributed by atoms with Crippen LogP contribution in [0.4, 0.5) is 0 Å². The second-order valence-corrected chi connectivity index (χ2v) is 3.93. The maximum atomic E-state index is 8.98. The fourth-order valence-corrected chi connectivity index (χ4v) is 1.91. The van der Waals surface area contributed by atoms with Crippen molar-refractivity contribution in [3.8, 4) is 0 Å². The molecule has 3 N–H and O–H groups in total. The summed E-state index contributed by atoms with van der Waals surface area (Å²) in [5.74, 6) is 0. The fourth-order valence-electron chi connectivity index (χ4n) is 1.36. The van der Waals surface area contributed by atoms with Gasteiger partial charge in [-0.25, -0.2) is 9.97 Å². The molecular weight excluding hydrogens is 212 g/mol. The molecule has 5 nitrogen and oxygen atoms in total. The first-order chi connectivity index (χ1) is 7.31. The van der Waals surface area contributed by atoms with Crippen LogP contribution in [0.25, 0.3) is 0 Å². The van der Waals surface area contributed by atoms with E-state index >= 15 is 0 Å². The molecule has 0 radical (unpaired) electrons. The summed E-state index contributed by atoms with van der Waals surface area (Å²) in [6, 6.07) is -0.383. The SMILES string of the molecule is NC(CO)c1cncn1Cc1cscn1. The van der Waals surface area contributed by atoms with Gasteiger partial charge in [-0.15, -0.1) is 11.3 Å². The van der Waals surface area contributed by atoms with Crippen LogP contribution in [0.1, 0.15) is 17.4 Å². The lowest BCUT2D eigenvalue weighted by molar-refractivity contribution is 0.263. The minimum atomic E-state index is -0.383. The highest BCUT2D eigenvalue weighted by atomic mass is 32.1. The first-order valence-corrected chi connectivity index (χ1v) is 5.49. The van der Waals surface area contributed by atoms with Crippen molar-refractivity contribution in [1.82, 2.24) is 14.5 Å². The summed E-state index contributed by atoms with van der Waals surface area (Å²) in [4.78, 5) is 8.20. The standard InChI is InChI=1S/C9H12N4OS/c10-8(3-14)9-1-11-5-13(9)2-7-4-15-6-12-7/h1,4-6,8,14H,2-3,10H2. The third-order valence-electron chi connectivity index (χ3n) is 2.14. The van der Waals surface area contributed by atoms with E-state index in [4.69, 9.17) is 10.8 Å². The van der Waals surface area contributed by atoms with Crippen molar-refractivity contribution in [3.05, 3.63) is 34.8 Å². The summed E-state index contributed by atoms with van der Waals surface area (Å²) in [5.41, 5.74) is 9.33. The van der Waals surface area contributed by atoms with E-state index in [9.17, 15) is 0 Å². The summed E-state index contributed by atoms with van der Waals surface area (Å²) in [7, 11) is 0. The third-order valence-corrected chi connectivity index (χ3v) is 2.77. The maximum Gasteiger partial charge on any atom is 0.0952 e. The van der Waals surface area contributed by atoms with Crippen LogP contribution in [0, 0.1) is 0 Å². The van der Waals surface area contributed by atoms with Gasteiger partial charge in [0.2, 0.25) is 0 Å². The van der Waals surface area contributed by atoms with Gasteiger partial charge in [0.15, 0.2) is 0 Å². The molecule has 2 heterocycles.